The van der Waals surface area contributed by atoms with Gasteiger partial charge in [-0.05, 0) is 25.6 Å². The van der Waals surface area contributed by atoms with Crippen LogP contribution in [0.1, 0.15) is 25.8 Å². The molecule has 1 atom stereocenters. The Bertz CT molecular complexity index is 498. The summed E-state index contributed by atoms with van der Waals surface area (Å²) >= 11 is 0. The highest BCUT2D eigenvalue weighted by Crippen LogP contribution is 2.22. The van der Waals surface area contributed by atoms with E-state index in [9.17, 15) is 4.39 Å². The van der Waals surface area contributed by atoms with E-state index in [4.69, 9.17) is 4.42 Å². The van der Waals surface area contributed by atoms with Crippen LogP contribution >= 0.6 is 0 Å². The van der Waals surface area contributed by atoms with Crippen LogP contribution in [0.15, 0.2) is 28.7 Å². The zero-order valence-corrected chi connectivity index (χ0v) is 9.77. The molecule has 1 aromatic carbocycles. The van der Waals surface area contributed by atoms with Gasteiger partial charge >= 0.3 is 0 Å². The predicted molar refractivity (Wildman–Crippen MR) is 61.8 cm³/mol. The standard InChI is InChI=1S/C12H14FN3O/c1-3-14-8(2)11-15-16-12(17-11)9-6-4-5-7-10(9)13/h4-8,14H,3H2,1-2H3. The first kappa shape index (κ1) is 11.7. The maximum atomic E-state index is 13.5. The molecular weight excluding hydrogens is 221 g/mol. The van der Waals surface area contributed by atoms with Crippen LogP contribution in [0, 0.1) is 5.82 Å². The fourth-order valence-corrected chi connectivity index (χ4v) is 1.55. The van der Waals surface area contributed by atoms with Gasteiger partial charge in [0.2, 0.25) is 5.89 Å². The van der Waals surface area contributed by atoms with Crippen LogP contribution in [-0.4, -0.2) is 16.7 Å². The van der Waals surface area contributed by atoms with Crippen LogP contribution in [0.4, 0.5) is 4.39 Å². The molecule has 0 spiro atoms. The van der Waals surface area contributed by atoms with Gasteiger partial charge in [0.15, 0.2) is 0 Å². The van der Waals surface area contributed by atoms with E-state index < -0.39 is 0 Å². The van der Waals surface area contributed by atoms with E-state index in [1.807, 2.05) is 13.8 Å². The van der Waals surface area contributed by atoms with Crippen LogP contribution in [-0.2, 0) is 0 Å². The Morgan fingerprint density at radius 3 is 2.82 bits per heavy atom. The molecule has 0 aliphatic heterocycles. The normalized spacial score (nSPS) is 12.6. The maximum absolute atomic E-state index is 13.5. The molecule has 0 saturated carbocycles. The molecule has 0 aliphatic rings. The predicted octanol–water partition coefficient (Wildman–Crippen LogP) is 2.55. The maximum Gasteiger partial charge on any atom is 0.250 e. The molecule has 90 valence electrons. The van der Waals surface area contributed by atoms with Crippen molar-refractivity contribution in [3.8, 4) is 11.5 Å². The van der Waals surface area contributed by atoms with Gasteiger partial charge in [0.05, 0.1) is 11.6 Å². The van der Waals surface area contributed by atoms with E-state index in [0.717, 1.165) is 6.54 Å². The number of aromatic nitrogens is 2. The van der Waals surface area contributed by atoms with Crippen molar-refractivity contribution < 1.29 is 8.81 Å². The van der Waals surface area contributed by atoms with Crippen LogP contribution in [0.5, 0.6) is 0 Å². The summed E-state index contributed by atoms with van der Waals surface area (Å²) < 4.78 is 18.9. The third-order valence-electron chi connectivity index (χ3n) is 2.43. The summed E-state index contributed by atoms with van der Waals surface area (Å²) in [6, 6.07) is 6.30. The van der Waals surface area contributed by atoms with Crippen molar-refractivity contribution in [3.63, 3.8) is 0 Å². The van der Waals surface area contributed by atoms with Gasteiger partial charge in [0.25, 0.3) is 5.89 Å². The van der Waals surface area contributed by atoms with Crippen LogP contribution in [0.25, 0.3) is 11.5 Å². The third kappa shape index (κ3) is 2.50. The van der Waals surface area contributed by atoms with Crippen molar-refractivity contribution in [2.24, 2.45) is 0 Å². The summed E-state index contributed by atoms with van der Waals surface area (Å²) in [5.41, 5.74) is 0.329. The average Bonchev–Trinajstić information content (AvgIpc) is 2.79. The Balaban J connectivity index is 2.27. The van der Waals surface area contributed by atoms with Gasteiger partial charge < -0.3 is 9.73 Å². The highest BCUT2D eigenvalue weighted by molar-refractivity contribution is 5.53. The fraction of sp³-hybridized carbons (Fsp3) is 0.333. The summed E-state index contributed by atoms with van der Waals surface area (Å²) in [6.07, 6.45) is 0. The monoisotopic (exact) mass is 235 g/mol. The number of rotatable bonds is 4. The van der Waals surface area contributed by atoms with Gasteiger partial charge in [-0.2, -0.15) is 0 Å². The molecule has 2 aromatic rings. The largest absolute Gasteiger partial charge is 0.419 e. The summed E-state index contributed by atoms with van der Waals surface area (Å²) in [7, 11) is 0. The zero-order chi connectivity index (χ0) is 12.3. The first-order valence-electron chi connectivity index (χ1n) is 5.54. The SMILES string of the molecule is CCNC(C)c1nnc(-c2ccccc2F)o1. The molecule has 0 saturated heterocycles. The zero-order valence-electron chi connectivity index (χ0n) is 9.77. The highest BCUT2D eigenvalue weighted by Gasteiger charge is 2.15. The number of benzene rings is 1. The van der Waals surface area contributed by atoms with Crippen molar-refractivity contribution in [2.75, 3.05) is 6.54 Å². The second-order valence-electron chi connectivity index (χ2n) is 3.70. The molecule has 0 fully saturated rings. The molecule has 1 heterocycles. The fourth-order valence-electron chi connectivity index (χ4n) is 1.55. The first-order chi connectivity index (χ1) is 8.22. The average molecular weight is 235 g/mol. The number of hydrogen-bond acceptors (Lipinski definition) is 4. The summed E-state index contributed by atoms with van der Waals surface area (Å²) in [5, 5.41) is 10.9. The first-order valence-corrected chi connectivity index (χ1v) is 5.54. The summed E-state index contributed by atoms with van der Waals surface area (Å²) in [5.74, 6) is 0.312. The van der Waals surface area contributed by atoms with Gasteiger partial charge in [-0.1, -0.05) is 19.1 Å². The molecule has 0 radical (unpaired) electrons. The molecule has 1 unspecified atom stereocenters. The van der Waals surface area contributed by atoms with Gasteiger partial charge in [-0.25, -0.2) is 4.39 Å². The van der Waals surface area contributed by atoms with Crippen molar-refractivity contribution in [3.05, 3.63) is 36.0 Å². The Morgan fingerprint density at radius 1 is 1.35 bits per heavy atom. The molecule has 4 nitrogen and oxygen atoms in total. The highest BCUT2D eigenvalue weighted by atomic mass is 19.1. The topological polar surface area (TPSA) is 51.0 Å². The molecular formula is C12H14FN3O. The molecule has 17 heavy (non-hydrogen) atoms. The minimum absolute atomic E-state index is 0.0342. The number of nitrogens with zero attached hydrogens (tertiary/aromatic N) is 2. The Labute approximate surface area is 98.9 Å². The van der Waals surface area contributed by atoms with Crippen molar-refractivity contribution in [1.29, 1.82) is 0 Å². The van der Waals surface area contributed by atoms with Gasteiger partial charge in [-0.15, -0.1) is 10.2 Å². The second-order valence-corrected chi connectivity index (χ2v) is 3.70. The molecule has 1 aromatic heterocycles. The number of hydrogen-bond donors (Lipinski definition) is 1. The smallest absolute Gasteiger partial charge is 0.250 e. The third-order valence-corrected chi connectivity index (χ3v) is 2.43. The Morgan fingerprint density at radius 2 is 2.12 bits per heavy atom. The minimum atomic E-state index is -0.362. The molecule has 0 aliphatic carbocycles. The lowest BCUT2D eigenvalue weighted by Gasteiger charge is -2.05. The Kier molecular flexibility index (Phi) is 3.49. The van der Waals surface area contributed by atoms with E-state index in [1.54, 1.807) is 18.2 Å². The van der Waals surface area contributed by atoms with E-state index in [-0.39, 0.29) is 17.7 Å². The van der Waals surface area contributed by atoms with E-state index in [1.165, 1.54) is 6.07 Å². The minimum Gasteiger partial charge on any atom is -0.419 e. The van der Waals surface area contributed by atoms with Crippen LogP contribution in [0.3, 0.4) is 0 Å². The lowest BCUT2D eigenvalue weighted by Crippen LogP contribution is -2.17. The van der Waals surface area contributed by atoms with Crippen molar-refractivity contribution >= 4 is 0 Å². The van der Waals surface area contributed by atoms with Crippen molar-refractivity contribution in [1.82, 2.24) is 15.5 Å². The van der Waals surface area contributed by atoms with Gasteiger partial charge in [0.1, 0.15) is 5.82 Å². The van der Waals surface area contributed by atoms with Gasteiger partial charge in [-0.3, -0.25) is 0 Å². The second kappa shape index (κ2) is 5.05. The molecule has 5 heteroatoms. The van der Waals surface area contributed by atoms with E-state index >= 15 is 0 Å². The number of nitrogens with one attached hydrogen (secondary N) is 1. The lowest BCUT2D eigenvalue weighted by molar-refractivity contribution is 0.427. The Hall–Kier alpha value is -1.75. The quantitative estimate of drug-likeness (QED) is 0.884. The lowest BCUT2D eigenvalue weighted by atomic mass is 10.2. The molecule has 0 amide bonds. The molecule has 1 N–H and O–H groups in total. The summed E-state index contributed by atoms with van der Waals surface area (Å²) in [4.78, 5) is 0. The van der Waals surface area contributed by atoms with E-state index in [2.05, 4.69) is 15.5 Å². The van der Waals surface area contributed by atoms with E-state index in [0.29, 0.717) is 11.5 Å². The molecule has 0 bridgehead atoms. The van der Waals surface area contributed by atoms with Crippen molar-refractivity contribution in [2.45, 2.75) is 19.9 Å². The number of halogens is 1. The molecule has 2 rings (SSSR count). The summed E-state index contributed by atoms with van der Waals surface area (Å²) in [6.45, 7) is 4.71. The van der Waals surface area contributed by atoms with Crippen LogP contribution < -0.4 is 5.32 Å². The van der Waals surface area contributed by atoms with Crippen LogP contribution in [0.2, 0.25) is 0 Å². The van der Waals surface area contributed by atoms with Gasteiger partial charge in [0, 0.05) is 0 Å².